The molecule has 5 atom stereocenters. The summed E-state index contributed by atoms with van der Waals surface area (Å²) in [5, 5.41) is 0. The van der Waals surface area contributed by atoms with E-state index in [-0.39, 0.29) is 16.8 Å². The van der Waals surface area contributed by atoms with Gasteiger partial charge in [0.2, 0.25) is 11.6 Å². The fourth-order valence-corrected chi connectivity index (χ4v) is 9.06. The fraction of sp³-hybridized carbons (Fsp3) is 0.885. The van der Waals surface area contributed by atoms with Gasteiger partial charge in [-0.15, -0.1) is 0 Å². The van der Waals surface area contributed by atoms with Crippen LogP contribution in [0.25, 0.3) is 0 Å². The average Bonchev–Trinajstić information content (AvgIpc) is 3.08. The van der Waals surface area contributed by atoms with Crippen LogP contribution in [0.2, 0.25) is 0 Å². The predicted molar refractivity (Wildman–Crippen MR) is 117 cm³/mol. The summed E-state index contributed by atoms with van der Waals surface area (Å²) in [6.45, 7) is 4.63. The van der Waals surface area contributed by atoms with Crippen molar-refractivity contribution in [2.45, 2.75) is 82.7 Å². The molecular weight excluding hydrogens is 408 g/mol. The number of carbonyl (C=O) groups is 1. The number of rotatable bonds is 3. The molecule has 0 spiro atoms. The van der Waals surface area contributed by atoms with Gasteiger partial charge in [0.25, 0.3) is 0 Å². The van der Waals surface area contributed by atoms with E-state index in [1.54, 1.807) is 5.57 Å². The molecule has 0 amide bonds. The van der Waals surface area contributed by atoms with Crippen LogP contribution in [-0.4, -0.2) is 51.1 Å². The number of esters is 1. The number of methoxy groups -OCH3 is 1. The number of hydrogen-bond donors (Lipinski definition) is 0. The number of fused-ring (bicyclic) bond motifs is 5. The maximum atomic E-state index is 12.2. The zero-order chi connectivity index (χ0) is 22.0. The van der Waals surface area contributed by atoms with E-state index in [1.807, 2.05) is 0 Å². The van der Waals surface area contributed by atoms with E-state index in [0.29, 0.717) is 50.6 Å². The number of ether oxygens (including phenoxy) is 5. The highest BCUT2D eigenvalue weighted by Crippen LogP contribution is 2.72. The van der Waals surface area contributed by atoms with Crippen LogP contribution in [-0.2, 0) is 28.5 Å². The van der Waals surface area contributed by atoms with Crippen molar-refractivity contribution in [2.75, 3.05) is 33.5 Å². The lowest BCUT2D eigenvalue weighted by molar-refractivity contribution is -0.474. The molecule has 32 heavy (non-hydrogen) atoms. The molecule has 0 bridgehead atoms. The third kappa shape index (κ3) is 2.64. The zero-order valence-electron chi connectivity index (χ0n) is 19.7. The van der Waals surface area contributed by atoms with Crippen molar-refractivity contribution >= 4 is 5.97 Å². The van der Waals surface area contributed by atoms with Gasteiger partial charge in [0.15, 0.2) is 0 Å². The Morgan fingerprint density at radius 1 is 1.06 bits per heavy atom. The summed E-state index contributed by atoms with van der Waals surface area (Å²) in [4.78, 5) is 12.2. The number of carbonyl (C=O) groups excluding carboxylic acids is 1. The van der Waals surface area contributed by atoms with Crippen LogP contribution in [0.5, 0.6) is 0 Å². The molecule has 6 rings (SSSR count). The van der Waals surface area contributed by atoms with E-state index in [1.165, 1.54) is 32.8 Å². The van der Waals surface area contributed by atoms with Crippen LogP contribution in [0.4, 0.5) is 0 Å². The van der Waals surface area contributed by atoms with E-state index >= 15 is 0 Å². The van der Waals surface area contributed by atoms with E-state index in [9.17, 15) is 4.79 Å². The summed E-state index contributed by atoms with van der Waals surface area (Å²) >= 11 is 0. The fourth-order valence-electron chi connectivity index (χ4n) is 9.06. The normalized spacial score (nSPS) is 49.6. The van der Waals surface area contributed by atoms with Gasteiger partial charge in [-0.3, -0.25) is 4.79 Å². The van der Waals surface area contributed by atoms with Crippen LogP contribution in [0.15, 0.2) is 11.6 Å². The summed E-state index contributed by atoms with van der Waals surface area (Å²) in [6.07, 6.45) is 13.1. The zero-order valence-corrected chi connectivity index (χ0v) is 19.7. The highest BCUT2D eigenvalue weighted by Gasteiger charge is 2.79. The van der Waals surface area contributed by atoms with E-state index in [0.717, 1.165) is 32.1 Å². The van der Waals surface area contributed by atoms with E-state index in [2.05, 4.69) is 13.0 Å². The Hall–Kier alpha value is -0.950. The first kappa shape index (κ1) is 21.6. The van der Waals surface area contributed by atoms with E-state index < -0.39 is 11.6 Å². The van der Waals surface area contributed by atoms with Gasteiger partial charge in [0, 0.05) is 18.3 Å². The first-order valence-corrected chi connectivity index (χ1v) is 12.8. The Kier molecular flexibility index (Phi) is 5.07. The van der Waals surface area contributed by atoms with Crippen LogP contribution < -0.4 is 0 Å². The van der Waals surface area contributed by atoms with Gasteiger partial charge in [0.05, 0.1) is 33.5 Å². The standard InChI is InChI=1S/C26H38O6/c1-23-11-8-20-19(7-6-18-5-3-4-10-24(18,20)12-9-22(27)28-2)21(23)17-25-26(23,31-15-13-29-25)32-16-14-30-25/h6,19-21H,3-5,7-17H2,1-2H3/t19-,20+,21+,23+,24-,25?,26?/m1/s1. The number of allylic oxidation sites excluding steroid dienone is 2. The summed E-state index contributed by atoms with van der Waals surface area (Å²) in [5.74, 6) is -0.0701. The monoisotopic (exact) mass is 446 g/mol. The van der Waals surface area contributed by atoms with Gasteiger partial charge in [-0.25, -0.2) is 0 Å². The molecule has 178 valence electrons. The van der Waals surface area contributed by atoms with Crippen LogP contribution in [0, 0.1) is 28.6 Å². The minimum Gasteiger partial charge on any atom is -0.469 e. The highest BCUT2D eigenvalue weighted by atomic mass is 16.8. The average molecular weight is 447 g/mol. The largest absolute Gasteiger partial charge is 0.469 e. The lowest BCUT2D eigenvalue weighted by Gasteiger charge is -2.61. The Balaban J connectivity index is 1.38. The highest BCUT2D eigenvalue weighted by molar-refractivity contribution is 5.69. The third-order valence-electron chi connectivity index (χ3n) is 10.3. The predicted octanol–water partition coefficient (Wildman–Crippen LogP) is 4.37. The van der Waals surface area contributed by atoms with Crippen molar-refractivity contribution in [1.29, 1.82) is 0 Å². The Morgan fingerprint density at radius 2 is 1.81 bits per heavy atom. The van der Waals surface area contributed by atoms with Gasteiger partial charge in [0.1, 0.15) is 0 Å². The van der Waals surface area contributed by atoms with Crippen molar-refractivity contribution in [3.8, 4) is 0 Å². The lowest BCUT2D eigenvalue weighted by atomic mass is 9.46. The quantitative estimate of drug-likeness (QED) is 0.474. The van der Waals surface area contributed by atoms with Gasteiger partial charge >= 0.3 is 5.97 Å². The smallest absolute Gasteiger partial charge is 0.305 e. The van der Waals surface area contributed by atoms with Crippen molar-refractivity contribution in [2.24, 2.45) is 28.6 Å². The Labute approximate surface area is 191 Å². The van der Waals surface area contributed by atoms with Crippen LogP contribution in [0.1, 0.15) is 71.1 Å². The van der Waals surface area contributed by atoms with Gasteiger partial charge in [-0.2, -0.15) is 0 Å². The minimum absolute atomic E-state index is 0.0775. The lowest BCUT2D eigenvalue weighted by Crippen LogP contribution is -2.69. The molecule has 4 aliphatic carbocycles. The minimum atomic E-state index is -0.790. The molecule has 6 nitrogen and oxygen atoms in total. The van der Waals surface area contributed by atoms with Crippen molar-refractivity contribution < 1.29 is 28.5 Å². The molecule has 0 aromatic rings. The molecule has 3 saturated carbocycles. The molecule has 2 heterocycles. The summed E-state index contributed by atoms with van der Waals surface area (Å²) < 4.78 is 30.9. The molecule has 6 heteroatoms. The molecule has 2 aliphatic heterocycles. The van der Waals surface area contributed by atoms with E-state index in [4.69, 9.17) is 23.7 Å². The van der Waals surface area contributed by atoms with Gasteiger partial charge < -0.3 is 23.7 Å². The Morgan fingerprint density at radius 3 is 2.56 bits per heavy atom. The topological polar surface area (TPSA) is 63.2 Å². The Bertz CT molecular complexity index is 794. The molecule has 0 N–H and O–H groups in total. The second kappa shape index (κ2) is 7.53. The molecule has 0 aromatic heterocycles. The summed E-state index contributed by atoms with van der Waals surface area (Å²) in [6, 6.07) is 0. The third-order valence-corrected chi connectivity index (χ3v) is 10.3. The second-order valence-corrected chi connectivity index (χ2v) is 11.2. The molecule has 0 unspecified atom stereocenters. The first-order valence-electron chi connectivity index (χ1n) is 12.8. The maximum absolute atomic E-state index is 12.2. The molecule has 6 aliphatic rings. The van der Waals surface area contributed by atoms with Crippen LogP contribution in [0.3, 0.4) is 0 Å². The number of hydrogen-bond acceptors (Lipinski definition) is 6. The second-order valence-electron chi connectivity index (χ2n) is 11.2. The molecular formula is C26H38O6. The van der Waals surface area contributed by atoms with Crippen molar-refractivity contribution in [3.05, 3.63) is 11.6 Å². The molecule has 0 aromatic carbocycles. The summed E-state index contributed by atoms with van der Waals surface area (Å²) in [7, 11) is 1.51. The van der Waals surface area contributed by atoms with Gasteiger partial charge in [-0.1, -0.05) is 25.0 Å². The van der Waals surface area contributed by atoms with Crippen LogP contribution >= 0.6 is 0 Å². The SMILES string of the molecule is COC(=O)CC[C@]12CCCCC1=CC[C@@H]1[C@@H]2CC[C@@]2(C)[C@H]1CC13OCCOC12OCCO3. The van der Waals surface area contributed by atoms with Gasteiger partial charge in [-0.05, 0) is 68.1 Å². The molecule has 5 fully saturated rings. The van der Waals surface area contributed by atoms with Crippen molar-refractivity contribution in [1.82, 2.24) is 0 Å². The van der Waals surface area contributed by atoms with Crippen molar-refractivity contribution in [3.63, 3.8) is 0 Å². The molecule has 2 saturated heterocycles. The molecule has 0 radical (unpaired) electrons. The first-order chi connectivity index (χ1) is 15.5. The summed E-state index contributed by atoms with van der Waals surface area (Å²) in [5.41, 5.74) is 1.65. The maximum Gasteiger partial charge on any atom is 0.305 e.